The van der Waals surface area contributed by atoms with E-state index in [-0.39, 0.29) is 0 Å². The van der Waals surface area contributed by atoms with Gasteiger partial charge in [0.1, 0.15) is 0 Å². The van der Waals surface area contributed by atoms with Crippen molar-refractivity contribution in [2.45, 2.75) is 0 Å². The van der Waals surface area contributed by atoms with Crippen LogP contribution in [0.15, 0.2) is 158 Å². The zero-order chi connectivity index (χ0) is 28.6. The molecule has 4 heteroatoms. The van der Waals surface area contributed by atoms with Crippen LogP contribution in [-0.4, -0.2) is 19.5 Å². The molecule has 0 radical (unpaired) electrons. The molecular formula is C39H26N4. The summed E-state index contributed by atoms with van der Waals surface area (Å²) in [6.07, 6.45) is 5.62. The summed E-state index contributed by atoms with van der Waals surface area (Å²) in [6, 6.07) is 48.6. The summed E-state index contributed by atoms with van der Waals surface area (Å²) in [5.74, 6) is 0. The molecule has 0 fully saturated rings. The Morgan fingerprint density at radius 1 is 0.419 bits per heavy atom. The van der Waals surface area contributed by atoms with Crippen molar-refractivity contribution in [2.75, 3.05) is 0 Å². The minimum Gasteiger partial charge on any atom is -0.309 e. The fourth-order valence-electron chi connectivity index (χ4n) is 5.88. The van der Waals surface area contributed by atoms with Crippen LogP contribution < -0.4 is 0 Å². The number of hydrogen-bond acceptors (Lipinski definition) is 3. The molecule has 0 aliphatic heterocycles. The number of nitrogens with zero attached hydrogens (tertiary/aromatic N) is 4. The standard InChI is InChI=1S/C39H26N4/c1-2-9-27(10-3-1)29-11-8-12-30(23-29)36-24-31(25-37(42-36)35-14-6-7-21-41-35)28-16-18-32(19-17-28)43-38-15-5-4-13-33(38)34-26-40-22-20-39(34)43/h1-26H. The van der Waals surface area contributed by atoms with Gasteiger partial charge in [-0.1, -0.05) is 84.9 Å². The van der Waals surface area contributed by atoms with Gasteiger partial charge in [0.15, 0.2) is 0 Å². The highest BCUT2D eigenvalue weighted by Gasteiger charge is 2.14. The van der Waals surface area contributed by atoms with Gasteiger partial charge in [0, 0.05) is 40.6 Å². The van der Waals surface area contributed by atoms with Gasteiger partial charge in [-0.2, -0.15) is 0 Å². The summed E-state index contributed by atoms with van der Waals surface area (Å²) in [7, 11) is 0. The second kappa shape index (κ2) is 10.5. The number of hydrogen-bond donors (Lipinski definition) is 0. The molecule has 0 unspecified atom stereocenters. The molecule has 0 spiro atoms. The Morgan fingerprint density at radius 3 is 2.00 bits per heavy atom. The maximum absolute atomic E-state index is 5.09. The minimum atomic E-state index is 0.845. The monoisotopic (exact) mass is 550 g/mol. The quantitative estimate of drug-likeness (QED) is 0.214. The highest BCUT2D eigenvalue weighted by molar-refractivity contribution is 6.08. The van der Waals surface area contributed by atoms with Crippen molar-refractivity contribution in [2.24, 2.45) is 0 Å². The van der Waals surface area contributed by atoms with E-state index in [2.05, 4.69) is 130 Å². The molecule has 0 saturated carbocycles. The molecule has 4 aromatic heterocycles. The van der Waals surface area contributed by atoms with Crippen LogP contribution >= 0.6 is 0 Å². The fraction of sp³-hybridized carbons (Fsp3) is 0. The highest BCUT2D eigenvalue weighted by atomic mass is 15.0. The zero-order valence-electron chi connectivity index (χ0n) is 23.3. The number of rotatable bonds is 5. The number of aromatic nitrogens is 4. The molecule has 4 heterocycles. The molecule has 8 rings (SSSR count). The summed E-state index contributed by atoms with van der Waals surface area (Å²) in [5, 5.41) is 2.35. The first-order valence-corrected chi connectivity index (χ1v) is 14.4. The Labute approximate surface area is 249 Å². The number of pyridine rings is 3. The molecule has 0 atom stereocenters. The molecule has 0 saturated heterocycles. The molecule has 202 valence electrons. The van der Waals surface area contributed by atoms with E-state index in [0.717, 1.165) is 55.9 Å². The Bertz CT molecular complexity index is 2160. The van der Waals surface area contributed by atoms with Crippen molar-refractivity contribution >= 4 is 21.8 Å². The maximum Gasteiger partial charge on any atom is 0.0899 e. The van der Waals surface area contributed by atoms with Gasteiger partial charge in [0.25, 0.3) is 0 Å². The zero-order valence-corrected chi connectivity index (χ0v) is 23.3. The molecule has 0 aliphatic rings. The third-order valence-electron chi connectivity index (χ3n) is 7.95. The summed E-state index contributed by atoms with van der Waals surface area (Å²) in [5.41, 5.74) is 11.6. The Hall–Kier alpha value is -5.87. The molecule has 43 heavy (non-hydrogen) atoms. The lowest BCUT2D eigenvalue weighted by molar-refractivity contribution is 1.17. The van der Waals surface area contributed by atoms with Crippen LogP contribution in [0.3, 0.4) is 0 Å². The molecule has 0 bridgehead atoms. The summed E-state index contributed by atoms with van der Waals surface area (Å²) < 4.78 is 2.31. The Morgan fingerprint density at radius 2 is 1.14 bits per heavy atom. The normalized spacial score (nSPS) is 11.3. The van der Waals surface area contributed by atoms with E-state index in [1.54, 1.807) is 0 Å². The van der Waals surface area contributed by atoms with Gasteiger partial charge in [0.05, 0.1) is 28.1 Å². The van der Waals surface area contributed by atoms with E-state index in [0.29, 0.717) is 0 Å². The van der Waals surface area contributed by atoms with Crippen LogP contribution in [0.25, 0.3) is 72.4 Å². The van der Waals surface area contributed by atoms with E-state index in [9.17, 15) is 0 Å². The second-order valence-electron chi connectivity index (χ2n) is 10.6. The topological polar surface area (TPSA) is 43.6 Å². The van der Waals surface area contributed by atoms with Gasteiger partial charge in [0.2, 0.25) is 0 Å². The first-order valence-electron chi connectivity index (χ1n) is 14.4. The third kappa shape index (κ3) is 4.55. The van der Waals surface area contributed by atoms with E-state index < -0.39 is 0 Å². The Balaban J connectivity index is 1.25. The second-order valence-corrected chi connectivity index (χ2v) is 10.6. The number of benzene rings is 4. The lowest BCUT2D eigenvalue weighted by atomic mass is 9.98. The fourth-order valence-corrected chi connectivity index (χ4v) is 5.88. The van der Waals surface area contributed by atoms with Crippen LogP contribution in [0.5, 0.6) is 0 Å². The lowest BCUT2D eigenvalue weighted by Gasteiger charge is -2.12. The minimum absolute atomic E-state index is 0.845. The van der Waals surface area contributed by atoms with Crippen LogP contribution in [0.2, 0.25) is 0 Å². The number of para-hydroxylation sites is 1. The predicted octanol–water partition coefficient (Wildman–Crippen LogP) is 9.64. The van der Waals surface area contributed by atoms with Crippen LogP contribution in [-0.2, 0) is 0 Å². The molecule has 4 aromatic carbocycles. The molecule has 0 amide bonds. The van der Waals surface area contributed by atoms with Gasteiger partial charge in [-0.15, -0.1) is 0 Å². The van der Waals surface area contributed by atoms with Gasteiger partial charge in [-0.3, -0.25) is 9.97 Å². The van der Waals surface area contributed by atoms with Crippen molar-refractivity contribution < 1.29 is 0 Å². The molecule has 0 N–H and O–H groups in total. The smallest absolute Gasteiger partial charge is 0.0899 e. The van der Waals surface area contributed by atoms with Gasteiger partial charge in [-0.05, 0) is 76.9 Å². The largest absolute Gasteiger partial charge is 0.309 e. The SMILES string of the molecule is c1ccc(-c2cccc(-c3cc(-c4ccc(-n5c6ccccc6c6cnccc65)cc4)cc(-c4ccccn4)n3)c2)cc1. The third-order valence-corrected chi connectivity index (χ3v) is 7.95. The van der Waals surface area contributed by atoms with E-state index >= 15 is 0 Å². The van der Waals surface area contributed by atoms with Crippen LogP contribution in [0.4, 0.5) is 0 Å². The predicted molar refractivity (Wildman–Crippen MR) is 176 cm³/mol. The lowest BCUT2D eigenvalue weighted by Crippen LogP contribution is -1.95. The first kappa shape index (κ1) is 24.9. The summed E-state index contributed by atoms with van der Waals surface area (Å²) >= 11 is 0. The van der Waals surface area contributed by atoms with E-state index in [1.165, 1.54) is 16.5 Å². The van der Waals surface area contributed by atoms with Crippen molar-refractivity contribution in [1.29, 1.82) is 0 Å². The van der Waals surface area contributed by atoms with Gasteiger partial charge < -0.3 is 4.57 Å². The summed E-state index contributed by atoms with van der Waals surface area (Å²) in [6.45, 7) is 0. The van der Waals surface area contributed by atoms with Crippen molar-refractivity contribution in [3.8, 4) is 50.6 Å². The van der Waals surface area contributed by atoms with Crippen LogP contribution in [0.1, 0.15) is 0 Å². The molecule has 4 nitrogen and oxygen atoms in total. The van der Waals surface area contributed by atoms with E-state index in [1.807, 2.05) is 42.9 Å². The summed E-state index contributed by atoms with van der Waals surface area (Å²) in [4.78, 5) is 14.1. The van der Waals surface area contributed by atoms with Crippen molar-refractivity contribution in [3.63, 3.8) is 0 Å². The Kier molecular flexibility index (Phi) is 6.08. The maximum atomic E-state index is 5.09. The van der Waals surface area contributed by atoms with Crippen molar-refractivity contribution in [3.05, 3.63) is 158 Å². The average Bonchev–Trinajstić information content (AvgIpc) is 3.43. The van der Waals surface area contributed by atoms with Gasteiger partial charge in [-0.25, -0.2) is 4.98 Å². The average molecular weight is 551 g/mol. The first-order chi connectivity index (χ1) is 21.3. The van der Waals surface area contributed by atoms with E-state index in [4.69, 9.17) is 4.98 Å². The molecular weight excluding hydrogens is 524 g/mol. The number of fused-ring (bicyclic) bond motifs is 3. The van der Waals surface area contributed by atoms with Gasteiger partial charge >= 0.3 is 0 Å². The van der Waals surface area contributed by atoms with Crippen LogP contribution in [0, 0.1) is 0 Å². The molecule has 0 aliphatic carbocycles. The molecule has 8 aromatic rings. The van der Waals surface area contributed by atoms with Crippen molar-refractivity contribution in [1.82, 2.24) is 19.5 Å². The highest BCUT2D eigenvalue weighted by Crippen LogP contribution is 2.34.